The van der Waals surface area contributed by atoms with E-state index in [0.29, 0.717) is 0 Å². The molecule has 9 nitrogen and oxygen atoms in total. The number of rotatable bonds is 4. The van der Waals surface area contributed by atoms with E-state index in [0.717, 1.165) is 12.1 Å². The molecule has 1 amide bonds. The van der Waals surface area contributed by atoms with Gasteiger partial charge in [-0.2, -0.15) is 5.10 Å². The number of primary amides is 1. The molecule has 0 atom stereocenters. The highest BCUT2D eigenvalue weighted by Gasteiger charge is 2.20. The first-order valence-corrected chi connectivity index (χ1v) is 5.27. The molecule has 0 radical (unpaired) electrons. The van der Waals surface area contributed by atoms with Gasteiger partial charge in [0.25, 0.3) is 11.6 Å². The Morgan fingerprint density at radius 3 is 2.55 bits per heavy atom. The number of aromatic carboxylic acids is 1. The SMILES string of the molecule is NC(=O)c1ccn(-c2ccc([N+](=O)[O-])c(C(=O)O)c2)n1. The van der Waals surface area contributed by atoms with Crippen molar-refractivity contribution >= 4 is 17.6 Å². The van der Waals surface area contributed by atoms with Gasteiger partial charge in [0.2, 0.25) is 0 Å². The van der Waals surface area contributed by atoms with Crippen molar-refractivity contribution in [3.63, 3.8) is 0 Å². The molecule has 0 saturated heterocycles. The highest BCUT2D eigenvalue weighted by Crippen LogP contribution is 2.22. The maximum Gasteiger partial charge on any atom is 0.342 e. The predicted molar refractivity (Wildman–Crippen MR) is 65.7 cm³/mol. The minimum Gasteiger partial charge on any atom is -0.477 e. The van der Waals surface area contributed by atoms with Crippen molar-refractivity contribution in [2.24, 2.45) is 5.73 Å². The van der Waals surface area contributed by atoms with Crippen molar-refractivity contribution < 1.29 is 19.6 Å². The number of benzene rings is 1. The van der Waals surface area contributed by atoms with Crippen molar-refractivity contribution in [1.29, 1.82) is 0 Å². The molecule has 0 aliphatic heterocycles. The molecule has 0 fully saturated rings. The minimum absolute atomic E-state index is 0.000211. The zero-order chi connectivity index (χ0) is 14.9. The lowest BCUT2D eigenvalue weighted by Crippen LogP contribution is -2.12. The number of carboxylic acid groups (broad SMARTS) is 1. The average molecular weight is 276 g/mol. The van der Waals surface area contributed by atoms with Crippen molar-refractivity contribution in [3.05, 3.63) is 51.8 Å². The number of aromatic nitrogens is 2. The topological polar surface area (TPSA) is 141 Å². The van der Waals surface area contributed by atoms with Crippen LogP contribution in [0.15, 0.2) is 30.5 Å². The molecule has 2 rings (SSSR count). The van der Waals surface area contributed by atoms with Crippen LogP contribution in [0.3, 0.4) is 0 Å². The first-order chi connectivity index (χ1) is 9.40. The first-order valence-electron chi connectivity index (χ1n) is 5.27. The Labute approximate surface area is 111 Å². The summed E-state index contributed by atoms with van der Waals surface area (Å²) in [5.74, 6) is -2.16. The second-order valence-electron chi connectivity index (χ2n) is 3.77. The third-order valence-corrected chi connectivity index (χ3v) is 2.51. The summed E-state index contributed by atoms with van der Waals surface area (Å²) in [7, 11) is 0. The highest BCUT2D eigenvalue weighted by atomic mass is 16.6. The maximum atomic E-state index is 11.0. The molecule has 2 aromatic rings. The molecule has 0 aliphatic carbocycles. The van der Waals surface area contributed by atoms with Crippen LogP contribution in [0.4, 0.5) is 5.69 Å². The van der Waals surface area contributed by atoms with Gasteiger partial charge in [0, 0.05) is 12.3 Å². The molecule has 0 unspecified atom stereocenters. The lowest BCUT2D eigenvalue weighted by atomic mass is 10.1. The monoisotopic (exact) mass is 276 g/mol. The number of amides is 1. The van der Waals surface area contributed by atoms with Gasteiger partial charge in [-0.3, -0.25) is 14.9 Å². The molecule has 0 aliphatic rings. The lowest BCUT2D eigenvalue weighted by molar-refractivity contribution is -0.385. The summed E-state index contributed by atoms with van der Waals surface area (Å²) in [4.78, 5) is 31.9. The fraction of sp³-hybridized carbons (Fsp3) is 0. The van der Waals surface area contributed by atoms with Gasteiger partial charge in [-0.25, -0.2) is 9.48 Å². The number of nitrogens with zero attached hydrogens (tertiary/aromatic N) is 3. The van der Waals surface area contributed by atoms with Crippen LogP contribution in [0.25, 0.3) is 5.69 Å². The smallest absolute Gasteiger partial charge is 0.342 e. The molecule has 0 bridgehead atoms. The highest BCUT2D eigenvalue weighted by molar-refractivity contribution is 5.93. The zero-order valence-electron chi connectivity index (χ0n) is 9.89. The van der Waals surface area contributed by atoms with Crippen molar-refractivity contribution in [2.75, 3.05) is 0 Å². The Balaban J connectivity index is 2.52. The quantitative estimate of drug-likeness (QED) is 0.617. The third-order valence-electron chi connectivity index (χ3n) is 2.51. The van der Waals surface area contributed by atoms with Crippen molar-refractivity contribution in [2.45, 2.75) is 0 Å². The van der Waals surface area contributed by atoms with Crippen LogP contribution in [-0.2, 0) is 0 Å². The van der Waals surface area contributed by atoms with Crippen LogP contribution in [0.1, 0.15) is 20.8 Å². The largest absolute Gasteiger partial charge is 0.477 e. The Morgan fingerprint density at radius 1 is 1.35 bits per heavy atom. The summed E-state index contributed by atoms with van der Waals surface area (Å²) >= 11 is 0. The summed E-state index contributed by atoms with van der Waals surface area (Å²) in [6, 6.07) is 4.83. The summed E-state index contributed by atoms with van der Waals surface area (Å²) in [6.45, 7) is 0. The van der Waals surface area contributed by atoms with Gasteiger partial charge in [0.1, 0.15) is 11.3 Å². The molecule has 20 heavy (non-hydrogen) atoms. The summed E-state index contributed by atoms with van der Waals surface area (Å²) in [5.41, 5.74) is 4.32. The first kappa shape index (κ1) is 13.2. The van der Waals surface area contributed by atoms with Gasteiger partial charge >= 0.3 is 5.97 Å². The van der Waals surface area contributed by atoms with E-state index in [1.54, 1.807) is 0 Å². The molecule has 102 valence electrons. The zero-order valence-corrected chi connectivity index (χ0v) is 9.89. The Bertz CT molecular complexity index is 721. The second-order valence-corrected chi connectivity index (χ2v) is 3.77. The van der Waals surface area contributed by atoms with E-state index in [1.807, 2.05) is 0 Å². The summed E-state index contributed by atoms with van der Waals surface area (Å²) < 4.78 is 1.20. The molecular weight excluding hydrogens is 268 g/mol. The van der Waals surface area contributed by atoms with E-state index in [-0.39, 0.29) is 11.4 Å². The molecule has 0 spiro atoms. The third kappa shape index (κ3) is 2.32. The van der Waals surface area contributed by atoms with Gasteiger partial charge < -0.3 is 10.8 Å². The van der Waals surface area contributed by atoms with Gasteiger partial charge in [0.05, 0.1) is 10.6 Å². The van der Waals surface area contributed by atoms with Crippen LogP contribution in [0.5, 0.6) is 0 Å². The van der Waals surface area contributed by atoms with Gasteiger partial charge in [-0.05, 0) is 18.2 Å². The van der Waals surface area contributed by atoms with E-state index >= 15 is 0 Å². The number of hydrogen-bond acceptors (Lipinski definition) is 5. The van der Waals surface area contributed by atoms with Crippen molar-refractivity contribution in [1.82, 2.24) is 9.78 Å². The van der Waals surface area contributed by atoms with Gasteiger partial charge in [-0.1, -0.05) is 0 Å². The molecule has 1 heterocycles. The second kappa shape index (κ2) is 4.80. The van der Waals surface area contributed by atoms with E-state index in [9.17, 15) is 19.7 Å². The molecular formula is C11H8N4O5. The number of carbonyl (C=O) groups is 2. The number of nitro groups is 1. The number of hydrogen-bond donors (Lipinski definition) is 2. The van der Waals surface area contributed by atoms with E-state index in [2.05, 4.69) is 5.10 Å². The Kier molecular flexibility index (Phi) is 3.17. The van der Waals surface area contributed by atoms with Crippen LogP contribution in [0, 0.1) is 10.1 Å². The van der Waals surface area contributed by atoms with Crippen molar-refractivity contribution in [3.8, 4) is 5.69 Å². The summed E-state index contributed by atoms with van der Waals surface area (Å²) in [5, 5.41) is 23.5. The number of carboxylic acids is 1. The number of nitrogens with two attached hydrogens (primary N) is 1. The van der Waals surface area contributed by atoms with E-state index in [4.69, 9.17) is 10.8 Å². The standard InChI is InChI=1S/C11H8N4O5/c12-10(16)8-3-4-14(13-8)6-1-2-9(15(19)20)7(5-6)11(17)18/h1-5H,(H2,12,16)(H,17,18). The summed E-state index contributed by atoms with van der Waals surface area (Å²) in [6.07, 6.45) is 1.40. The average Bonchev–Trinajstić information content (AvgIpc) is 2.87. The molecule has 9 heteroatoms. The van der Waals surface area contributed by atoms with Crippen LogP contribution in [-0.4, -0.2) is 31.7 Å². The number of carbonyl (C=O) groups excluding carboxylic acids is 1. The normalized spacial score (nSPS) is 10.2. The lowest BCUT2D eigenvalue weighted by Gasteiger charge is -2.03. The van der Waals surface area contributed by atoms with Crippen LogP contribution >= 0.6 is 0 Å². The minimum atomic E-state index is -1.43. The molecule has 0 saturated carbocycles. The van der Waals surface area contributed by atoms with Crippen LogP contribution < -0.4 is 5.73 Å². The molecule has 1 aromatic heterocycles. The predicted octanol–water partition coefficient (Wildman–Crippen LogP) is 0.578. The number of nitro benzene ring substituents is 1. The fourth-order valence-electron chi connectivity index (χ4n) is 1.60. The van der Waals surface area contributed by atoms with E-state index < -0.39 is 28.1 Å². The Morgan fingerprint density at radius 2 is 2.05 bits per heavy atom. The molecule has 3 N–H and O–H groups in total. The molecule has 1 aromatic carbocycles. The van der Waals surface area contributed by atoms with Crippen LogP contribution in [0.2, 0.25) is 0 Å². The fourth-order valence-corrected chi connectivity index (χ4v) is 1.60. The van der Waals surface area contributed by atoms with Gasteiger partial charge in [-0.15, -0.1) is 0 Å². The van der Waals surface area contributed by atoms with Gasteiger partial charge in [0.15, 0.2) is 0 Å². The Hall–Kier alpha value is -3.23. The van der Waals surface area contributed by atoms with E-state index in [1.165, 1.54) is 23.0 Å². The maximum absolute atomic E-state index is 11.0.